The van der Waals surface area contributed by atoms with Gasteiger partial charge in [0, 0.05) is 6.07 Å². The standard InChI is InChI=1S/C11H14N2O2/c1-8-6-11(14)12-13(8)9-4-3-5-10(7-9)15-2/h3-5,7-8H,6H2,1-2H3,(H,12,14). The lowest BCUT2D eigenvalue weighted by Gasteiger charge is -2.22. The summed E-state index contributed by atoms with van der Waals surface area (Å²) in [7, 11) is 1.63. The quantitative estimate of drug-likeness (QED) is 0.793. The van der Waals surface area contributed by atoms with Crippen molar-refractivity contribution in [1.82, 2.24) is 5.43 Å². The van der Waals surface area contributed by atoms with Crippen LogP contribution in [0.2, 0.25) is 0 Å². The molecule has 1 atom stereocenters. The minimum Gasteiger partial charge on any atom is -0.497 e. The van der Waals surface area contributed by atoms with Crippen molar-refractivity contribution in [1.29, 1.82) is 0 Å². The molecule has 2 rings (SSSR count). The number of rotatable bonds is 2. The van der Waals surface area contributed by atoms with Crippen LogP contribution in [0.4, 0.5) is 5.69 Å². The van der Waals surface area contributed by atoms with Crippen molar-refractivity contribution < 1.29 is 9.53 Å². The first-order valence-corrected chi connectivity index (χ1v) is 4.93. The third-order valence-corrected chi connectivity index (χ3v) is 2.50. The van der Waals surface area contributed by atoms with Crippen LogP contribution in [0.1, 0.15) is 13.3 Å². The Morgan fingerprint density at radius 1 is 1.53 bits per heavy atom. The van der Waals surface area contributed by atoms with Gasteiger partial charge in [0.2, 0.25) is 5.91 Å². The molecule has 0 radical (unpaired) electrons. The molecule has 1 N–H and O–H groups in total. The van der Waals surface area contributed by atoms with Crippen molar-refractivity contribution in [3.63, 3.8) is 0 Å². The van der Waals surface area contributed by atoms with Gasteiger partial charge in [0.1, 0.15) is 5.75 Å². The van der Waals surface area contributed by atoms with Crippen LogP contribution in [-0.2, 0) is 4.79 Å². The maximum absolute atomic E-state index is 11.2. The van der Waals surface area contributed by atoms with E-state index < -0.39 is 0 Å². The Labute approximate surface area is 88.8 Å². The molecule has 1 aromatic rings. The zero-order chi connectivity index (χ0) is 10.8. The van der Waals surface area contributed by atoms with E-state index in [1.807, 2.05) is 36.2 Å². The Balaban J connectivity index is 2.25. The van der Waals surface area contributed by atoms with Crippen molar-refractivity contribution in [3.05, 3.63) is 24.3 Å². The fourth-order valence-corrected chi connectivity index (χ4v) is 1.73. The molecule has 1 aliphatic heterocycles. The van der Waals surface area contributed by atoms with Gasteiger partial charge in [-0.05, 0) is 19.1 Å². The summed E-state index contributed by atoms with van der Waals surface area (Å²) < 4.78 is 5.14. The van der Waals surface area contributed by atoms with Crippen molar-refractivity contribution in [2.24, 2.45) is 0 Å². The number of amides is 1. The first-order valence-electron chi connectivity index (χ1n) is 4.93. The molecule has 0 aliphatic carbocycles. The number of hydrogen-bond donors (Lipinski definition) is 1. The van der Waals surface area contributed by atoms with Gasteiger partial charge in [0.15, 0.2) is 0 Å². The number of methoxy groups -OCH3 is 1. The third kappa shape index (κ3) is 1.88. The monoisotopic (exact) mass is 206 g/mol. The molecule has 1 fully saturated rings. The van der Waals surface area contributed by atoms with Gasteiger partial charge in [0.25, 0.3) is 0 Å². The van der Waals surface area contributed by atoms with Gasteiger partial charge >= 0.3 is 0 Å². The molecule has 1 aliphatic rings. The van der Waals surface area contributed by atoms with Crippen molar-refractivity contribution >= 4 is 11.6 Å². The molecule has 0 saturated carbocycles. The number of ether oxygens (including phenoxy) is 1. The van der Waals surface area contributed by atoms with E-state index in [2.05, 4.69) is 5.43 Å². The van der Waals surface area contributed by atoms with Crippen LogP contribution < -0.4 is 15.2 Å². The first-order chi connectivity index (χ1) is 7.20. The smallest absolute Gasteiger partial charge is 0.240 e. The summed E-state index contributed by atoms with van der Waals surface area (Å²) in [6, 6.07) is 7.83. The Morgan fingerprint density at radius 3 is 2.93 bits per heavy atom. The Hall–Kier alpha value is -1.71. The van der Waals surface area contributed by atoms with Gasteiger partial charge in [-0.1, -0.05) is 6.07 Å². The maximum atomic E-state index is 11.2. The molecule has 1 amide bonds. The van der Waals surface area contributed by atoms with Gasteiger partial charge in [-0.25, -0.2) is 0 Å². The average molecular weight is 206 g/mol. The number of carbonyl (C=O) groups is 1. The molecule has 4 heteroatoms. The van der Waals surface area contributed by atoms with Crippen LogP contribution >= 0.6 is 0 Å². The number of nitrogens with one attached hydrogen (secondary N) is 1. The van der Waals surface area contributed by atoms with E-state index in [-0.39, 0.29) is 11.9 Å². The second-order valence-corrected chi connectivity index (χ2v) is 3.66. The molecule has 80 valence electrons. The SMILES string of the molecule is COc1cccc(N2NC(=O)CC2C)c1. The number of anilines is 1. The molecule has 1 aromatic carbocycles. The Bertz CT molecular complexity index is 379. The maximum Gasteiger partial charge on any atom is 0.240 e. The number of hydrazine groups is 1. The van der Waals surface area contributed by atoms with Gasteiger partial charge < -0.3 is 4.74 Å². The lowest BCUT2D eigenvalue weighted by atomic mass is 10.2. The van der Waals surface area contributed by atoms with Gasteiger partial charge in [-0.2, -0.15) is 0 Å². The normalized spacial score (nSPS) is 20.3. The lowest BCUT2D eigenvalue weighted by Crippen LogP contribution is -2.36. The summed E-state index contributed by atoms with van der Waals surface area (Å²) in [5.41, 5.74) is 3.76. The molecule has 1 unspecified atom stereocenters. The zero-order valence-electron chi connectivity index (χ0n) is 8.86. The summed E-state index contributed by atoms with van der Waals surface area (Å²) >= 11 is 0. The van der Waals surface area contributed by atoms with Crippen LogP contribution in [0.25, 0.3) is 0 Å². The molecule has 0 bridgehead atoms. The highest BCUT2D eigenvalue weighted by Gasteiger charge is 2.26. The fraction of sp³-hybridized carbons (Fsp3) is 0.364. The van der Waals surface area contributed by atoms with Crippen LogP contribution in [-0.4, -0.2) is 19.1 Å². The van der Waals surface area contributed by atoms with E-state index in [4.69, 9.17) is 4.74 Å². The third-order valence-electron chi connectivity index (χ3n) is 2.50. The van der Waals surface area contributed by atoms with Crippen molar-refractivity contribution in [2.75, 3.05) is 12.1 Å². The second-order valence-electron chi connectivity index (χ2n) is 3.66. The number of hydrogen-bond acceptors (Lipinski definition) is 3. The van der Waals surface area contributed by atoms with E-state index in [0.717, 1.165) is 11.4 Å². The van der Waals surface area contributed by atoms with Crippen LogP contribution in [0, 0.1) is 0 Å². The molecular formula is C11H14N2O2. The van der Waals surface area contributed by atoms with Crippen molar-refractivity contribution in [3.8, 4) is 5.75 Å². The van der Waals surface area contributed by atoms with E-state index in [9.17, 15) is 4.79 Å². The van der Waals surface area contributed by atoms with Gasteiger partial charge in [-0.3, -0.25) is 15.2 Å². The highest BCUT2D eigenvalue weighted by molar-refractivity contribution is 5.82. The predicted octanol–water partition coefficient (Wildman–Crippen LogP) is 1.32. The van der Waals surface area contributed by atoms with Gasteiger partial charge in [0.05, 0.1) is 25.3 Å². The Kier molecular flexibility index (Phi) is 2.49. The van der Waals surface area contributed by atoms with E-state index >= 15 is 0 Å². The topological polar surface area (TPSA) is 41.6 Å². The molecule has 0 aromatic heterocycles. The summed E-state index contributed by atoms with van der Waals surface area (Å²) in [5, 5.41) is 1.87. The van der Waals surface area contributed by atoms with Crippen LogP contribution in [0.15, 0.2) is 24.3 Å². The van der Waals surface area contributed by atoms with E-state index in [1.165, 1.54) is 0 Å². The van der Waals surface area contributed by atoms with E-state index in [1.54, 1.807) is 7.11 Å². The summed E-state index contributed by atoms with van der Waals surface area (Å²) in [5.74, 6) is 0.853. The fourth-order valence-electron chi connectivity index (χ4n) is 1.73. The average Bonchev–Trinajstić information content (AvgIpc) is 2.58. The number of benzene rings is 1. The van der Waals surface area contributed by atoms with Crippen molar-refractivity contribution in [2.45, 2.75) is 19.4 Å². The molecule has 4 nitrogen and oxygen atoms in total. The lowest BCUT2D eigenvalue weighted by molar-refractivity contribution is -0.119. The van der Waals surface area contributed by atoms with Crippen LogP contribution in [0.3, 0.4) is 0 Å². The largest absolute Gasteiger partial charge is 0.497 e. The number of nitrogens with zero attached hydrogens (tertiary/aromatic N) is 1. The predicted molar refractivity (Wildman–Crippen MR) is 57.7 cm³/mol. The highest BCUT2D eigenvalue weighted by atomic mass is 16.5. The molecule has 15 heavy (non-hydrogen) atoms. The number of carbonyl (C=O) groups excluding carboxylic acids is 1. The minimum absolute atomic E-state index is 0.0605. The highest BCUT2D eigenvalue weighted by Crippen LogP contribution is 2.24. The first kappa shape index (κ1) is 9.83. The summed E-state index contributed by atoms with van der Waals surface area (Å²) in [6.07, 6.45) is 0.539. The Morgan fingerprint density at radius 2 is 2.33 bits per heavy atom. The molecule has 0 spiro atoms. The summed E-state index contributed by atoms with van der Waals surface area (Å²) in [6.45, 7) is 2.01. The van der Waals surface area contributed by atoms with Crippen LogP contribution in [0.5, 0.6) is 5.75 Å². The van der Waals surface area contributed by atoms with E-state index in [0.29, 0.717) is 6.42 Å². The second kappa shape index (κ2) is 3.81. The van der Waals surface area contributed by atoms with Gasteiger partial charge in [-0.15, -0.1) is 0 Å². The summed E-state index contributed by atoms with van der Waals surface area (Å²) in [4.78, 5) is 11.2. The zero-order valence-corrected chi connectivity index (χ0v) is 8.86. The minimum atomic E-state index is 0.0605. The molecule has 1 saturated heterocycles. The molecule has 1 heterocycles. The molecular weight excluding hydrogens is 192 g/mol.